The highest BCUT2D eigenvalue weighted by Gasteiger charge is 2.14. The first-order valence-electron chi connectivity index (χ1n) is 4.93. The Labute approximate surface area is 99.8 Å². The van der Waals surface area contributed by atoms with Crippen molar-refractivity contribution in [2.24, 2.45) is 0 Å². The van der Waals surface area contributed by atoms with E-state index in [1.54, 1.807) is 6.92 Å². The number of halogens is 4. The summed E-state index contributed by atoms with van der Waals surface area (Å²) >= 11 is 0. The maximum atomic E-state index is 13.3. The minimum Gasteiger partial charge on any atom is -0.436 e. The summed E-state index contributed by atoms with van der Waals surface area (Å²) in [7, 11) is 0. The molecule has 0 N–H and O–H groups in total. The number of aromatic nitrogens is 1. The van der Waals surface area contributed by atoms with Gasteiger partial charge in [0.25, 0.3) is 11.8 Å². The van der Waals surface area contributed by atoms with E-state index >= 15 is 0 Å². The Bertz CT molecular complexity index is 601. The second kappa shape index (κ2) is 4.64. The van der Waals surface area contributed by atoms with Crippen LogP contribution in [0, 0.1) is 30.3 Å². The average molecular weight is 257 g/mol. The van der Waals surface area contributed by atoms with Gasteiger partial charge in [-0.3, -0.25) is 0 Å². The van der Waals surface area contributed by atoms with Gasteiger partial charge in [-0.15, -0.1) is 0 Å². The first kappa shape index (κ1) is 12.3. The Balaban J connectivity index is 2.40. The van der Waals surface area contributed by atoms with Crippen molar-refractivity contribution in [3.05, 3.63) is 53.2 Å². The summed E-state index contributed by atoms with van der Waals surface area (Å²) in [6.45, 7) is 1.59. The third kappa shape index (κ3) is 2.42. The molecule has 0 unspecified atom stereocenters. The summed E-state index contributed by atoms with van der Waals surface area (Å²) in [5.74, 6) is -5.44. The number of benzene rings is 1. The molecule has 2 rings (SSSR count). The Morgan fingerprint density at radius 3 is 2.44 bits per heavy atom. The molecule has 0 fully saturated rings. The summed E-state index contributed by atoms with van der Waals surface area (Å²) in [5.41, 5.74) is 0.502. The van der Waals surface area contributed by atoms with E-state index in [-0.39, 0.29) is 5.75 Å². The van der Waals surface area contributed by atoms with Gasteiger partial charge in [-0.1, -0.05) is 6.07 Å². The van der Waals surface area contributed by atoms with Crippen molar-refractivity contribution < 1.29 is 22.3 Å². The van der Waals surface area contributed by atoms with Crippen LogP contribution in [0.15, 0.2) is 24.3 Å². The molecule has 18 heavy (non-hydrogen) atoms. The number of rotatable bonds is 2. The van der Waals surface area contributed by atoms with Crippen molar-refractivity contribution in [3.8, 4) is 11.6 Å². The average Bonchev–Trinajstić information content (AvgIpc) is 2.30. The van der Waals surface area contributed by atoms with Gasteiger partial charge in [-0.05, 0) is 18.6 Å². The molecule has 0 amide bonds. The largest absolute Gasteiger partial charge is 0.436 e. The SMILES string of the molecule is Cc1ccc(F)cc1Oc1nc(F)c(F)cc1F. The smallest absolute Gasteiger partial charge is 0.258 e. The van der Waals surface area contributed by atoms with Crippen molar-refractivity contribution in [1.29, 1.82) is 0 Å². The number of hydrogen-bond acceptors (Lipinski definition) is 2. The van der Waals surface area contributed by atoms with E-state index in [9.17, 15) is 17.6 Å². The van der Waals surface area contributed by atoms with Crippen molar-refractivity contribution in [2.75, 3.05) is 0 Å². The molecule has 0 saturated carbocycles. The van der Waals surface area contributed by atoms with Gasteiger partial charge in [-0.25, -0.2) is 13.2 Å². The molecule has 1 heterocycles. The summed E-state index contributed by atoms with van der Waals surface area (Å²) in [6, 6.07) is 3.91. The molecular weight excluding hydrogens is 250 g/mol. The highest BCUT2D eigenvalue weighted by atomic mass is 19.2. The van der Waals surface area contributed by atoms with Crippen LogP contribution >= 0.6 is 0 Å². The minimum absolute atomic E-state index is 0.0209. The topological polar surface area (TPSA) is 22.1 Å². The molecule has 94 valence electrons. The van der Waals surface area contributed by atoms with Crippen LogP contribution in [0.25, 0.3) is 0 Å². The Morgan fingerprint density at radius 1 is 1.00 bits per heavy atom. The van der Waals surface area contributed by atoms with Crippen LogP contribution in [-0.2, 0) is 0 Å². The van der Waals surface area contributed by atoms with E-state index in [0.717, 1.165) is 6.07 Å². The standard InChI is InChI=1S/C12H7F4NO/c1-6-2-3-7(13)4-10(6)18-12-9(15)5-8(14)11(16)17-12/h2-5H,1H3. The third-order valence-corrected chi connectivity index (χ3v) is 2.21. The van der Waals surface area contributed by atoms with Gasteiger partial charge in [-0.2, -0.15) is 9.37 Å². The lowest BCUT2D eigenvalue weighted by atomic mass is 10.2. The van der Waals surface area contributed by atoms with Gasteiger partial charge < -0.3 is 4.74 Å². The molecule has 0 atom stereocenters. The number of ether oxygens (including phenoxy) is 1. The Kier molecular flexibility index (Phi) is 3.18. The highest BCUT2D eigenvalue weighted by Crippen LogP contribution is 2.27. The maximum Gasteiger partial charge on any atom is 0.258 e. The predicted molar refractivity (Wildman–Crippen MR) is 55.3 cm³/mol. The molecule has 2 aromatic rings. The highest BCUT2D eigenvalue weighted by molar-refractivity contribution is 5.35. The summed E-state index contributed by atoms with van der Waals surface area (Å²) in [4.78, 5) is 2.98. The van der Waals surface area contributed by atoms with Crippen molar-refractivity contribution in [3.63, 3.8) is 0 Å². The molecule has 0 aliphatic rings. The molecule has 6 heteroatoms. The van der Waals surface area contributed by atoms with Crippen LogP contribution in [0.5, 0.6) is 11.6 Å². The van der Waals surface area contributed by atoms with E-state index in [4.69, 9.17) is 4.74 Å². The zero-order valence-electron chi connectivity index (χ0n) is 9.18. The van der Waals surface area contributed by atoms with Gasteiger partial charge in [0.15, 0.2) is 11.6 Å². The summed E-state index contributed by atoms with van der Waals surface area (Å²) < 4.78 is 56.6. The molecular formula is C12H7F4NO. The fourth-order valence-electron chi connectivity index (χ4n) is 1.29. The molecule has 0 aliphatic carbocycles. The second-order valence-corrected chi connectivity index (χ2v) is 3.56. The number of hydrogen-bond donors (Lipinski definition) is 0. The van der Waals surface area contributed by atoms with Crippen LogP contribution in [0.1, 0.15) is 5.56 Å². The fourth-order valence-corrected chi connectivity index (χ4v) is 1.29. The zero-order chi connectivity index (χ0) is 13.3. The van der Waals surface area contributed by atoms with E-state index in [0.29, 0.717) is 11.6 Å². The monoisotopic (exact) mass is 257 g/mol. The van der Waals surface area contributed by atoms with E-state index < -0.39 is 29.3 Å². The van der Waals surface area contributed by atoms with Gasteiger partial charge in [0, 0.05) is 12.1 Å². The quantitative estimate of drug-likeness (QED) is 0.604. The molecule has 0 radical (unpaired) electrons. The van der Waals surface area contributed by atoms with Gasteiger partial charge >= 0.3 is 0 Å². The molecule has 1 aromatic heterocycles. The Morgan fingerprint density at radius 2 is 1.72 bits per heavy atom. The summed E-state index contributed by atoms with van der Waals surface area (Å²) in [6.07, 6.45) is 0. The van der Waals surface area contributed by atoms with Crippen molar-refractivity contribution >= 4 is 0 Å². The van der Waals surface area contributed by atoms with Gasteiger partial charge in [0.1, 0.15) is 11.6 Å². The molecule has 0 spiro atoms. The van der Waals surface area contributed by atoms with E-state index in [2.05, 4.69) is 4.98 Å². The number of pyridine rings is 1. The molecule has 1 aromatic carbocycles. The zero-order valence-corrected chi connectivity index (χ0v) is 9.18. The molecule has 2 nitrogen and oxygen atoms in total. The first-order valence-corrected chi connectivity index (χ1v) is 4.93. The number of nitrogens with zero attached hydrogens (tertiary/aromatic N) is 1. The van der Waals surface area contributed by atoms with Crippen molar-refractivity contribution in [2.45, 2.75) is 6.92 Å². The predicted octanol–water partition coefficient (Wildman–Crippen LogP) is 3.74. The lowest BCUT2D eigenvalue weighted by molar-refractivity contribution is 0.384. The molecule has 0 saturated heterocycles. The van der Waals surface area contributed by atoms with Crippen LogP contribution < -0.4 is 4.74 Å². The van der Waals surface area contributed by atoms with Crippen molar-refractivity contribution in [1.82, 2.24) is 4.98 Å². The summed E-state index contributed by atoms with van der Waals surface area (Å²) in [5, 5.41) is 0. The first-order chi connectivity index (χ1) is 8.47. The van der Waals surface area contributed by atoms with Gasteiger partial charge in [0.05, 0.1) is 0 Å². The van der Waals surface area contributed by atoms with Crippen LogP contribution in [-0.4, -0.2) is 4.98 Å². The molecule has 0 bridgehead atoms. The van der Waals surface area contributed by atoms with Crippen LogP contribution in [0.3, 0.4) is 0 Å². The molecule has 0 aliphatic heterocycles. The normalized spacial score (nSPS) is 10.5. The van der Waals surface area contributed by atoms with E-state index in [1.807, 2.05) is 0 Å². The lowest BCUT2D eigenvalue weighted by Crippen LogP contribution is -1.99. The van der Waals surface area contributed by atoms with Gasteiger partial charge in [0.2, 0.25) is 0 Å². The minimum atomic E-state index is -1.49. The van der Waals surface area contributed by atoms with Crippen LogP contribution in [0.4, 0.5) is 17.6 Å². The third-order valence-electron chi connectivity index (χ3n) is 2.21. The second-order valence-electron chi connectivity index (χ2n) is 3.56. The van der Waals surface area contributed by atoms with E-state index in [1.165, 1.54) is 12.1 Å². The fraction of sp³-hybridized carbons (Fsp3) is 0.0833. The Hall–Kier alpha value is -2.11. The maximum absolute atomic E-state index is 13.3. The number of aryl methyl sites for hydroxylation is 1. The lowest BCUT2D eigenvalue weighted by Gasteiger charge is -2.08. The van der Waals surface area contributed by atoms with Crippen LogP contribution in [0.2, 0.25) is 0 Å².